The molecule has 3 aromatic rings. The number of anilines is 2. The lowest BCUT2D eigenvalue weighted by Crippen LogP contribution is -2.14. The Morgan fingerprint density at radius 2 is 1.94 bits per heavy atom. The maximum absolute atomic E-state index is 12.7. The molecule has 1 aromatic heterocycles. The van der Waals surface area contributed by atoms with Gasteiger partial charge in [0.05, 0.1) is 25.6 Å². The maximum atomic E-state index is 12.7. The van der Waals surface area contributed by atoms with Crippen LogP contribution < -0.4 is 15.4 Å². The molecule has 8 heteroatoms. The van der Waals surface area contributed by atoms with Gasteiger partial charge in [-0.3, -0.25) is 15.1 Å². The first-order valence-corrected chi connectivity index (χ1v) is 11.2. The fourth-order valence-corrected chi connectivity index (χ4v) is 4.00. The summed E-state index contributed by atoms with van der Waals surface area (Å²) in [7, 11) is 2.87. The fraction of sp³-hybridized carbons (Fsp3) is 0.192. The predicted molar refractivity (Wildman–Crippen MR) is 133 cm³/mol. The van der Waals surface area contributed by atoms with Crippen molar-refractivity contribution in [2.45, 2.75) is 19.3 Å². The number of fused-ring (bicyclic) bond motifs is 4. The summed E-state index contributed by atoms with van der Waals surface area (Å²) >= 11 is 6.19. The van der Waals surface area contributed by atoms with Crippen LogP contribution in [0.4, 0.5) is 16.2 Å². The fourth-order valence-electron chi connectivity index (χ4n) is 3.82. The standard InChI is InChI=1S/C26H24ClN3O4/c1-33-24-14-22(28-15-21(24)27)19-8-3-4-9-25(31)30-23-13-18(29-26(32)34-2)10-11-20(23)17-7-5-6-16(19)12-17/h5-8,10-15H,3-4,9H2,1-2H3,(H,29,32)(H,30,31)/b19-8+. The molecule has 2 bridgehead atoms. The summed E-state index contributed by atoms with van der Waals surface area (Å²) in [6, 6.07) is 15.2. The van der Waals surface area contributed by atoms with Gasteiger partial charge in [-0.1, -0.05) is 41.9 Å². The molecule has 174 valence electrons. The van der Waals surface area contributed by atoms with Crippen LogP contribution in [0, 0.1) is 0 Å². The molecule has 34 heavy (non-hydrogen) atoms. The molecule has 0 fully saturated rings. The van der Waals surface area contributed by atoms with E-state index in [1.807, 2.05) is 30.3 Å². The molecule has 7 nitrogen and oxygen atoms in total. The predicted octanol–water partition coefficient (Wildman–Crippen LogP) is 6.14. The van der Waals surface area contributed by atoms with Crippen molar-refractivity contribution < 1.29 is 19.1 Å². The van der Waals surface area contributed by atoms with Gasteiger partial charge in [-0.05, 0) is 42.2 Å². The number of carbonyl (C=O) groups is 2. The zero-order chi connectivity index (χ0) is 24.1. The monoisotopic (exact) mass is 477 g/mol. The highest BCUT2D eigenvalue weighted by atomic mass is 35.5. The smallest absolute Gasteiger partial charge is 0.411 e. The van der Waals surface area contributed by atoms with Crippen LogP contribution in [0.2, 0.25) is 5.02 Å². The second-order valence-electron chi connectivity index (χ2n) is 7.72. The molecule has 0 unspecified atom stereocenters. The van der Waals surface area contributed by atoms with Gasteiger partial charge < -0.3 is 14.8 Å². The van der Waals surface area contributed by atoms with E-state index in [-0.39, 0.29) is 5.91 Å². The number of nitrogens with one attached hydrogen (secondary N) is 2. The number of carbonyl (C=O) groups excluding carboxylic acids is 2. The van der Waals surface area contributed by atoms with Gasteiger partial charge in [0.15, 0.2) is 0 Å². The Bertz CT molecular complexity index is 1270. The minimum Gasteiger partial charge on any atom is -0.495 e. The van der Waals surface area contributed by atoms with Crippen molar-refractivity contribution in [1.29, 1.82) is 0 Å². The average Bonchev–Trinajstić information content (AvgIpc) is 2.84. The first kappa shape index (κ1) is 23.3. The first-order chi connectivity index (χ1) is 16.5. The summed E-state index contributed by atoms with van der Waals surface area (Å²) < 4.78 is 10.1. The largest absolute Gasteiger partial charge is 0.495 e. The van der Waals surface area contributed by atoms with Crippen molar-refractivity contribution in [1.82, 2.24) is 4.98 Å². The zero-order valence-corrected chi connectivity index (χ0v) is 19.6. The van der Waals surface area contributed by atoms with Crippen LogP contribution >= 0.6 is 11.6 Å². The highest BCUT2D eigenvalue weighted by Gasteiger charge is 2.16. The zero-order valence-electron chi connectivity index (χ0n) is 18.9. The van der Waals surface area contributed by atoms with Crippen LogP contribution in [0.1, 0.15) is 30.5 Å². The maximum Gasteiger partial charge on any atom is 0.411 e. The number of nitrogens with zero attached hydrogens (tertiary/aromatic N) is 1. The third-order valence-corrected chi connectivity index (χ3v) is 5.77. The lowest BCUT2D eigenvalue weighted by Gasteiger charge is -2.17. The van der Waals surface area contributed by atoms with Crippen LogP contribution in [0.5, 0.6) is 5.75 Å². The van der Waals surface area contributed by atoms with E-state index in [4.69, 9.17) is 16.3 Å². The van der Waals surface area contributed by atoms with Crippen LogP contribution in [0.25, 0.3) is 16.7 Å². The first-order valence-electron chi connectivity index (χ1n) is 10.8. The third kappa shape index (κ3) is 5.21. The summed E-state index contributed by atoms with van der Waals surface area (Å²) in [5.74, 6) is 0.444. The summed E-state index contributed by atoms with van der Waals surface area (Å²) in [6.45, 7) is 0. The molecular formula is C26H24ClN3O4. The normalized spacial score (nSPS) is 14.9. The Labute approximate surface area is 202 Å². The molecular weight excluding hydrogens is 454 g/mol. The van der Waals surface area contributed by atoms with Gasteiger partial charge in [-0.15, -0.1) is 0 Å². The summed E-state index contributed by atoms with van der Waals surface area (Å²) in [5, 5.41) is 6.07. The molecule has 2 amide bonds. The van der Waals surface area contributed by atoms with Crippen molar-refractivity contribution in [3.8, 4) is 16.9 Å². The summed E-state index contributed by atoms with van der Waals surface area (Å²) in [6.07, 6.45) is 4.79. The van der Waals surface area contributed by atoms with E-state index in [0.717, 1.165) is 28.0 Å². The van der Waals surface area contributed by atoms with E-state index in [1.54, 1.807) is 25.4 Å². The molecule has 2 heterocycles. The number of allylic oxidation sites excluding steroid dienone is 1. The van der Waals surface area contributed by atoms with E-state index in [9.17, 15) is 9.59 Å². The van der Waals surface area contributed by atoms with E-state index >= 15 is 0 Å². The Hall–Kier alpha value is -3.84. The van der Waals surface area contributed by atoms with Gasteiger partial charge in [0, 0.05) is 35.5 Å². The number of aromatic nitrogens is 1. The second kappa shape index (κ2) is 10.4. The number of rotatable bonds is 3. The molecule has 1 aliphatic heterocycles. The number of halogens is 1. The Kier molecular flexibility index (Phi) is 7.13. The molecule has 0 saturated heterocycles. The third-order valence-electron chi connectivity index (χ3n) is 5.48. The van der Waals surface area contributed by atoms with Crippen molar-refractivity contribution in [3.05, 3.63) is 77.1 Å². The highest BCUT2D eigenvalue weighted by molar-refractivity contribution is 6.31. The highest BCUT2D eigenvalue weighted by Crippen LogP contribution is 2.35. The number of pyridine rings is 1. The summed E-state index contributed by atoms with van der Waals surface area (Å²) in [5.41, 5.74) is 5.50. The average molecular weight is 478 g/mol. The van der Waals surface area contributed by atoms with Crippen molar-refractivity contribution in [2.75, 3.05) is 24.9 Å². The minimum absolute atomic E-state index is 0.102. The van der Waals surface area contributed by atoms with Crippen molar-refractivity contribution in [3.63, 3.8) is 0 Å². The number of amides is 2. The number of hydrogen-bond donors (Lipinski definition) is 2. The van der Waals surface area contributed by atoms with Crippen LogP contribution in [0.15, 0.2) is 60.8 Å². The van der Waals surface area contributed by atoms with Crippen molar-refractivity contribution >= 4 is 40.5 Å². The van der Waals surface area contributed by atoms with E-state index in [2.05, 4.69) is 32.5 Å². The molecule has 4 rings (SSSR count). The van der Waals surface area contributed by atoms with Crippen LogP contribution in [-0.2, 0) is 9.53 Å². The van der Waals surface area contributed by atoms with Gasteiger partial charge in [0.25, 0.3) is 0 Å². The van der Waals surface area contributed by atoms with Crippen LogP contribution in [0.3, 0.4) is 0 Å². The molecule has 0 atom stereocenters. The Morgan fingerprint density at radius 3 is 2.74 bits per heavy atom. The van der Waals surface area contributed by atoms with Gasteiger partial charge in [0.1, 0.15) is 10.8 Å². The summed E-state index contributed by atoms with van der Waals surface area (Å²) in [4.78, 5) is 28.8. The number of hydrogen-bond acceptors (Lipinski definition) is 5. The number of ether oxygens (including phenoxy) is 2. The molecule has 0 spiro atoms. The lowest BCUT2D eigenvalue weighted by atomic mass is 9.94. The molecule has 0 aliphatic carbocycles. The molecule has 0 saturated carbocycles. The van der Waals surface area contributed by atoms with E-state index in [1.165, 1.54) is 7.11 Å². The van der Waals surface area contributed by atoms with E-state index in [0.29, 0.717) is 41.4 Å². The van der Waals surface area contributed by atoms with E-state index < -0.39 is 6.09 Å². The molecule has 0 radical (unpaired) electrons. The van der Waals surface area contributed by atoms with Gasteiger partial charge in [-0.2, -0.15) is 0 Å². The van der Waals surface area contributed by atoms with Crippen LogP contribution in [-0.4, -0.2) is 31.2 Å². The molecule has 2 aromatic carbocycles. The van der Waals surface area contributed by atoms with Gasteiger partial charge >= 0.3 is 6.09 Å². The topological polar surface area (TPSA) is 89.6 Å². The molecule has 2 N–H and O–H groups in total. The minimum atomic E-state index is -0.581. The van der Waals surface area contributed by atoms with Gasteiger partial charge in [0.2, 0.25) is 5.91 Å². The SMILES string of the molecule is COC(=O)Nc1ccc2c(c1)NC(=O)CCC/C=C(/c1cc(OC)c(Cl)cn1)c1cccc-2c1. The number of methoxy groups -OCH3 is 2. The quantitative estimate of drug-likeness (QED) is 0.472. The van der Waals surface area contributed by atoms with Crippen molar-refractivity contribution in [2.24, 2.45) is 0 Å². The Morgan fingerprint density at radius 1 is 1.12 bits per heavy atom. The lowest BCUT2D eigenvalue weighted by molar-refractivity contribution is -0.116. The van der Waals surface area contributed by atoms with Gasteiger partial charge in [-0.25, -0.2) is 4.79 Å². The number of benzene rings is 2. The Balaban J connectivity index is 1.82. The molecule has 1 aliphatic rings. The second-order valence-corrected chi connectivity index (χ2v) is 8.13.